The highest BCUT2D eigenvalue weighted by atomic mass is 16.1. The molecule has 2 nitrogen and oxygen atoms in total. The summed E-state index contributed by atoms with van der Waals surface area (Å²) in [6.45, 7) is 7.13. The van der Waals surface area contributed by atoms with Gasteiger partial charge in [-0.15, -0.1) is 0 Å². The van der Waals surface area contributed by atoms with Gasteiger partial charge in [0, 0.05) is 29.2 Å². The summed E-state index contributed by atoms with van der Waals surface area (Å²) in [6, 6.07) is 4.26. The van der Waals surface area contributed by atoms with Crippen molar-refractivity contribution in [2.75, 3.05) is 0 Å². The second-order valence-corrected chi connectivity index (χ2v) is 3.96. The molecule has 1 heterocycles. The number of rotatable bonds is 2. The molecule has 0 unspecified atom stereocenters. The molecule has 0 bridgehead atoms. The number of aryl methyl sites for hydroxylation is 3. The maximum Gasteiger partial charge on any atom is 0.152 e. The van der Waals surface area contributed by atoms with Crippen LogP contribution in [0.4, 0.5) is 0 Å². The lowest BCUT2D eigenvalue weighted by Gasteiger charge is -2.03. The van der Waals surface area contributed by atoms with Gasteiger partial charge in [0.1, 0.15) is 0 Å². The van der Waals surface area contributed by atoms with E-state index in [0.29, 0.717) is 0 Å². The van der Waals surface area contributed by atoms with Crippen LogP contribution in [0.5, 0.6) is 0 Å². The van der Waals surface area contributed by atoms with E-state index in [0.717, 1.165) is 29.3 Å². The zero-order valence-corrected chi connectivity index (χ0v) is 9.37. The summed E-state index contributed by atoms with van der Waals surface area (Å²) in [7, 11) is 0. The van der Waals surface area contributed by atoms with Gasteiger partial charge in [0.05, 0.1) is 0 Å². The lowest BCUT2D eigenvalue weighted by molar-refractivity contribution is 0.112. The van der Waals surface area contributed by atoms with Crippen LogP contribution in [0.25, 0.3) is 10.9 Å². The lowest BCUT2D eigenvalue weighted by Crippen LogP contribution is -1.91. The second-order valence-electron chi connectivity index (χ2n) is 3.96. The molecule has 0 N–H and O–H groups in total. The molecule has 0 amide bonds. The van der Waals surface area contributed by atoms with Crippen molar-refractivity contribution in [3.05, 3.63) is 35.0 Å². The fraction of sp³-hybridized carbons (Fsp3) is 0.308. The van der Waals surface area contributed by atoms with Gasteiger partial charge in [0.25, 0.3) is 0 Å². The predicted octanol–water partition coefficient (Wildman–Crippen LogP) is 3.09. The van der Waals surface area contributed by atoms with E-state index < -0.39 is 0 Å². The van der Waals surface area contributed by atoms with Gasteiger partial charge in [0.15, 0.2) is 6.29 Å². The van der Waals surface area contributed by atoms with Gasteiger partial charge in [-0.25, -0.2) is 0 Å². The Hall–Kier alpha value is -1.57. The summed E-state index contributed by atoms with van der Waals surface area (Å²) in [6.07, 6.45) is 2.88. The highest BCUT2D eigenvalue weighted by Crippen LogP contribution is 2.25. The van der Waals surface area contributed by atoms with Crippen LogP contribution in [0.3, 0.4) is 0 Å². The molecular weight excluding hydrogens is 186 g/mol. The molecule has 78 valence electrons. The first kappa shape index (κ1) is 9.97. The van der Waals surface area contributed by atoms with Crippen molar-refractivity contribution in [3.8, 4) is 0 Å². The number of hydrogen-bond donors (Lipinski definition) is 0. The van der Waals surface area contributed by atoms with Crippen molar-refractivity contribution in [1.82, 2.24) is 4.57 Å². The minimum atomic E-state index is 0.796. The molecule has 1 aromatic heterocycles. The smallest absolute Gasteiger partial charge is 0.152 e. The quantitative estimate of drug-likeness (QED) is 0.684. The number of carbonyl (C=O) groups excluding carboxylic acids is 1. The van der Waals surface area contributed by atoms with E-state index >= 15 is 0 Å². The molecule has 0 spiro atoms. The summed E-state index contributed by atoms with van der Waals surface area (Å²) in [4.78, 5) is 11.0. The SMILES string of the molecule is CCn1cc(C=O)c2c(C)cc(C)cc21. The van der Waals surface area contributed by atoms with Crippen molar-refractivity contribution in [2.45, 2.75) is 27.3 Å². The Bertz CT molecular complexity index is 523. The number of fused-ring (bicyclic) bond motifs is 1. The largest absolute Gasteiger partial charge is 0.347 e. The van der Waals surface area contributed by atoms with Gasteiger partial charge in [-0.2, -0.15) is 0 Å². The minimum Gasteiger partial charge on any atom is -0.347 e. The summed E-state index contributed by atoms with van der Waals surface area (Å²) in [5.41, 5.74) is 4.38. The molecule has 0 saturated heterocycles. The van der Waals surface area contributed by atoms with Crippen LogP contribution in [-0.2, 0) is 6.54 Å². The highest BCUT2D eigenvalue weighted by molar-refractivity contribution is 5.99. The zero-order valence-electron chi connectivity index (χ0n) is 9.37. The molecule has 2 heteroatoms. The molecule has 15 heavy (non-hydrogen) atoms. The van der Waals surface area contributed by atoms with Crippen LogP contribution in [0.15, 0.2) is 18.3 Å². The van der Waals surface area contributed by atoms with Crippen molar-refractivity contribution < 1.29 is 4.79 Å². The van der Waals surface area contributed by atoms with Crippen LogP contribution >= 0.6 is 0 Å². The average Bonchev–Trinajstić information content (AvgIpc) is 2.55. The van der Waals surface area contributed by atoms with Crippen LogP contribution < -0.4 is 0 Å². The molecule has 1 aromatic carbocycles. The minimum absolute atomic E-state index is 0.796. The lowest BCUT2D eigenvalue weighted by atomic mass is 10.1. The normalized spacial score (nSPS) is 10.9. The van der Waals surface area contributed by atoms with Gasteiger partial charge >= 0.3 is 0 Å². The van der Waals surface area contributed by atoms with E-state index in [1.165, 1.54) is 11.1 Å². The molecule has 2 rings (SSSR count). The monoisotopic (exact) mass is 201 g/mol. The third-order valence-corrected chi connectivity index (χ3v) is 2.82. The van der Waals surface area contributed by atoms with E-state index in [2.05, 4.69) is 37.5 Å². The van der Waals surface area contributed by atoms with Crippen molar-refractivity contribution in [1.29, 1.82) is 0 Å². The van der Waals surface area contributed by atoms with Gasteiger partial charge in [-0.05, 0) is 38.0 Å². The van der Waals surface area contributed by atoms with E-state index in [1.807, 2.05) is 6.20 Å². The van der Waals surface area contributed by atoms with Crippen molar-refractivity contribution >= 4 is 17.2 Å². The summed E-state index contributed by atoms with van der Waals surface area (Å²) >= 11 is 0. The van der Waals surface area contributed by atoms with Gasteiger partial charge in [-0.3, -0.25) is 4.79 Å². The third-order valence-electron chi connectivity index (χ3n) is 2.82. The maximum absolute atomic E-state index is 11.0. The van der Waals surface area contributed by atoms with Crippen LogP contribution in [0, 0.1) is 13.8 Å². The molecule has 0 saturated carbocycles. The summed E-state index contributed by atoms with van der Waals surface area (Å²) < 4.78 is 2.12. The first-order valence-corrected chi connectivity index (χ1v) is 5.22. The Balaban J connectivity index is 2.91. The molecule has 0 radical (unpaired) electrons. The average molecular weight is 201 g/mol. The zero-order chi connectivity index (χ0) is 11.0. The maximum atomic E-state index is 11.0. The number of aromatic nitrogens is 1. The second kappa shape index (κ2) is 3.54. The molecule has 0 aliphatic heterocycles. The number of benzene rings is 1. The fourth-order valence-corrected chi connectivity index (χ4v) is 2.20. The van der Waals surface area contributed by atoms with Crippen LogP contribution in [0.2, 0.25) is 0 Å². The van der Waals surface area contributed by atoms with Crippen molar-refractivity contribution in [2.24, 2.45) is 0 Å². The Morgan fingerprint density at radius 3 is 2.67 bits per heavy atom. The summed E-state index contributed by atoms with van der Waals surface area (Å²) in [5.74, 6) is 0. The van der Waals surface area contributed by atoms with Gasteiger partial charge < -0.3 is 4.57 Å². The molecule has 0 aliphatic carbocycles. The van der Waals surface area contributed by atoms with E-state index in [1.54, 1.807) is 0 Å². The Labute approximate surface area is 89.5 Å². The van der Waals surface area contributed by atoms with E-state index in [-0.39, 0.29) is 0 Å². The first-order valence-electron chi connectivity index (χ1n) is 5.22. The molecule has 0 atom stereocenters. The predicted molar refractivity (Wildman–Crippen MR) is 62.5 cm³/mol. The highest BCUT2D eigenvalue weighted by Gasteiger charge is 2.09. The Morgan fingerprint density at radius 1 is 1.33 bits per heavy atom. The Morgan fingerprint density at radius 2 is 2.07 bits per heavy atom. The van der Waals surface area contributed by atoms with Gasteiger partial charge in [-0.1, -0.05) is 6.07 Å². The number of carbonyl (C=O) groups is 1. The standard InChI is InChI=1S/C13H15NO/c1-4-14-7-11(8-15)13-10(3)5-9(2)6-12(13)14/h5-8H,4H2,1-3H3. The van der Waals surface area contributed by atoms with Crippen LogP contribution in [0.1, 0.15) is 28.4 Å². The van der Waals surface area contributed by atoms with Crippen LogP contribution in [-0.4, -0.2) is 10.9 Å². The topological polar surface area (TPSA) is 22.0 Å². The third kappa shape index (κ3) is 1.46. The molecular formula is C13H15NO. The number of aldehydes is 1. The fourth-order valence-electron chi connectivity index (χ4n) is 2.20. The number of hydrogen-bond acceptors (Lipinski definition) is 1. The summed E-state index contributed by atoms with van der Waals surface area (Å²) in [5, 5.41) is 1.09. The van der Waals surface area contributed by atoms with E-state index in [9.17, 15) is 4.79 Å². The van der Waals surface area contributed by atoms with Crippen molar-refractivity contribution in [3.63, 3.8) is 0 Å². The van der Waals surface area contributed by atoms with Gasteiger partial charge in [0.2, 0.25) is 0 Å². The number of nitrogens with zero attached hydrogens (tertiary/aromatic N) is 1. The van der Waals surface area contributed by atoms with E-state index in [4.69, 9.17) is 0 Å². The molecule has 0 aliphatic rings. The Kier molecular flexibility index (Phi) is 2.35. The molecule has 0 fully saturated rings. The first-order chi connectivity index (χ1) is 7.17. The molecule has 2 aromatic rings.